The maximum absolute atomic E-state index is 12.2. The molecule has 0 unspecified atom stereocenters. The minimum Gasteiger partial charge on any atom is -0.423 e. The molecule has 2 heterocycles. The molecule has 0 atom stereocenters. The lowest BCUT2D eigenvalue weighted by atomic mass is 9.93. The van der Waals surface area contributed by atoms with Crippen LogP contribution in [0, 0.1) is 5.92 Å². The zero-order valence-corrected chi connectivity index (χ0v) is 14.0. The SMILES string of the molecule is O=C(CC1CCN(c2nc3ccccc3o2)CC1)NC1CCCC1. The maximum atomic E-state index is 12.2. The number of hydrogen-bond acceptors (Lipinski definition) is 4. The molecule has 4 rings (SSSR count). The number of rotatable bonds is 4. The van der Waals surface area contributed by atoms with Gasteiger partial charge in [-0.3, -0.25) is 4.79 Å². The van der Waals surface area contributed by atoms with Crippen LogP contribution in [0.1, 0.15) is 44.9 Å². The number of aromatic nitrogens is 1. The number of hydrogen-bond donors (Lipinski definition) is 1. The van der Waals surface area contributed by atoms with E-state index in [4.69, 9.17) is 4.42 Å². The molecule has 24 heavy (non-hydrogen) atoms. The second-order valence-electron chi connectivity index (χ2n) is 7.15. The van der Waals surface area contributed by atoms with Crippen LogP contribution in [0.4, 0.5) is 6.01 Å². The first kappa shape index (κ1) is 15.5. The summed E-state index contributed by atoms with van der Waals surface area (Å²) in [4.78, 5) is 19.0. The number of piperidine rings is 1. The number of carbonyl (C=O) groups is 1. The number of fused-ring (bicyclic) bond motifs is 1. The Labute approximate surface area is 142 Å². The molecule has 1 aromatic carbocycles. The van der Waals surface area contributed by atoms with E-state index in [9.17, 15) is 4.79 Å². The van der Waals surface area contributed by atoms with E-state index in [1.54, 1.807) is 0 Å². The van der Waals surface area contributed by atoms with E-state index in [2.05, 4.69) is 15.2 Å². The molecule has 5 nitrogen and oxygen atoms in total. The number of carbonyl (C=O) groups excluding carboxylic acids is 1. The average Bonchev–Trinajstić information content (AvgIpc) is 3.24. The number of nitrogens with zero attached hydrogens (tertiary/aromatic N) is 2. The molecule has 0 spiro atoms. The van der Waals surface area contributed by atoms with Crippen molar-refractivity contribution in [2.75, 3.05) is 18.0 Å². The largest absolute Gasteiger partial charge is 0.423 e. The van der Waals surface area contributed by atoms with E-state index in [-0.39, 0.29) is 5.91 Å². The summed E-state index contributed by atoms with van der Waals surface area (Å²) in [6.45, 7) is 1.82. The van der Waals surface area contributed by atoms with Gasteiger partial charge in [-0.15, -0.1) is 0 Å². The van der Waals surface area contributed by atoms with Crippen molar-refractivity contribution in [1.29, 1.82) is 0 Å². The first-order chi connectivity index (χ1) is 11.8. The summed E-state index contributed by atoms with van der Waals surface area (Å²) < 4.78 is 5.85. The Morgan fingerprint density at radius 1 is 1.17 bits per heavy atom. The molecule has 0 bridgehead atoms. The van der Waals surface area contributed by atoms with Crippen LogP contribution in [-0.2, 0) is 4.79 Å². The van der Waals surface area contributed by atoms with Crippen LogP contribution in [0.5, 0.6) is 0 Å². The summed E-state index contributed by atoms with van der Waals surface area (Å²) in [6, 6.07) is 9.01. The van der Waals surface area contributed by atoms with E-state index in [1.165, 1.54) is 12.8 Å². The highest BCUT2D eigenvalue weighted by atomic mass is 16.4. The fraction of sp³-hybridized carbons (Fsp3) is 0.579. The summed E-state index contributed by atoms with van der Waals surface area (Å²) >= 11 is 0. The number of anilines is 1. The second-order valence-corrected chi connectivity index (χ2v) is 7.15. The van der Waals surface area contributed by atoms with Crippen LogP contribution < -0.4 is 10.2 Å². The van der Waals surface area contributed by atoms with Gasteiger partial charge in [0, 0.05) is 25.6 Å². The third-order valence-corrected chi connectivity index (χ3v) is 5.36. The molecule has 1 aliphatic heterocycles. The highest BCUT2D eigenvalue weighted by molar-refractivity contribution is 5.76. The summed E-state index contributed by atoms with van der Waals surface area (Å²) in [5.41, 5.74) is 1.75. The molecule has 1 saturated heterocycles. The van der Waals surface area contributed by atoms with Crippen molar-refractivity contribution in [3.8, 4) is 0 Å². The lowest BCUT2D eigenvalue weighted by Crippen LogP contribution is -2.38. The van der Waals surface area contributed by atoms with Gasteiger partial charge in [0.05, 0.1) is 0 Å². The molecule has 2 fully saturated rings. The molecule has 2 aliphatic rings. The Morgan fingerprint density at radius 3 is 2.67 bits per heavy atom. The van der Waals surface area contributed by atoms with Gasteiger partial charge in [-0.25, -0.2) is 0 Å². The fourth-order valence-electron chi connectivity index (χ4n) is 3.94. The molecule has 5 heteroatoms. The summed E-state index contributed by atoms with van der Waals surface area (Å²) in [5.74, 6) is 0.717. The lowest BCUT2D eigenvalue weighted by Gasteiger charge is -2.30. The molecule has 1 amide bonds. The van der Waals surface area contributed by atoms with Gasteiger partial charge in [0.2, 0.25) is 5.91 Å². The average molecular weight is 327 g/mol. The van der Waals surface area contributed by atoms with Crippen molar-refractivity contribution >= 4 is 23.0 Å². The monoisotopic (exact) mass is 327 g/mol. The van der Waals surface area contributed by atoms with Gasteiger partial charge in [0.15, 0.2) is 5.58 Å². The van der Waals surface area contributed by atoms with Gasteiger partial charge < -0.3 is 14.6 Å². The molecular weight excluding hydrogens is 302 g/mol. The Balaban J connectivity index is 1.29. The van der Waals surface area contributed by atoms with Crippen molar-refractivity contribution in [1.82, 2.24) is 10.3 Å². The Bertz CT molecular complexity index is 664. The number of oxazole rings is 1. The second kappa shape index (κ2) is 6.83. The van der Waals surface area contributed by atoms with Gasteiger partial charge in [-0.05, 0) is 43.7 Å². The van der Waals surface area contributed by atoms with E-state index in [0.717, 1.165) is 49.9 Å². The molecule has 2 aromatic rings. The van der Waals surface area contributed by atoms with Crippen molar-refractivity contribution < 1.29 is 9.21 Å². The third-order valence-electron chi connectivity index (χ3n) is 5.36. The van der Waals surface area contributed by atoms with Crippen molar-refractivity contribution in [2.24, 2.45) is 5.92 Å². The highest BCUT2D eigenvalue weighted by Crippen LogP contribution is 2.27. The normalized spacial score (nSPS) is 19.9. The summed E-state index contributed by atoms with van der Waals surface area (Å²) in [6.07, 6.45) is 7.54. The number of benzene rings is 1. The van der Waals surface area contributed by atoms with Gasteiger partial charge in [-0.2, -0.15) is 4.98 Å². The zero-order valence-electron chi connectivity index (χ0n) is 14.0. The van der Waals surface area contributed by atoms with Gasteiger partial charge in [0.25, 0.3) is 6.01 Å². The van der Waals surface area contributed by atoms with Gasteiger partial charge in [0.1, 0.15) is 5.52 Å². The van der Waals surface area contributed by atoms with Crippen molar-refractivity contribution in [2.45, 2.75) is 51.0 Å². The quantitative estimate of drug-likeness (QED) is 0.934. The summed E-state index contributed by atoms with van der Waals surface area (Å²) in [7, 11) is 0. The van der Waals surface area contributed by atoms with E-state index in [1.807, 2.05) is 24.3 Å². The van der Waals surface area contributed by atoms with Crippen molar-refractivity contribution in [3.05, 3.63) is 24.3 Å². The Hall–Kier alpha value is -2.04. The van der Waals surface area contributed by atoms with Crippen LogP contribution in [0.25, 0.3) is 11.1 Å². The fourth-order valence-corrected chi connectivity index (χ4v) is 3.94. The predicted octanol–water partition coefficient (Wildman–Crippen LogP) is 3.49. The smallest absolute Gasteiger partial charge is 0.298 e. The number of nitrogens with one attached hydrogen (secondary N) is 1. The van der Waals surface area contributed by atoms with Crippen LogP contribution >= 0.6 is 0 Å². The van der Waals surface area contributed by atoms with Crippen LogP contribution in [0.15, 0.2) is 28.7 Å². The first-order valence-corrected chi connectivity index (χ1v) is 9.18. The third kappa shape index (κ3) is 3.40. The molecule has 1 aliphatic carbocycles. The number of para-hydroxylation sites is 2. The minimum absolute atomic E-state index is 0.238. The van der Waals surface area contributed by atoms with E-state index in [0.29, 0.717) is 24.4 Å². The lowest BCUT2D eigenvalue weighted by molar-refractivity contribution is -0.122. The first-order valence-electron chi connectivity index (χ1n) is 9.18. The predicted molar refractivity (Wildman–Crippen MR) is 94.0 cm³/mol. The standard InChI is InChI=1S/C19H25N3O2/c23-18(20-15-5-1-2-6-15)13-14-9-11-22(12-10-14)19-21-16-7-3-4-8-17(16)24-19/h3-4,7-8,14-15H,1-2,5-6,9-13H2,(H,20,23). The molecule has 1 aromatic heterocycles. The molecular formula is C19H25N3O2. The number of amides is 1. The zero-order chi connectivity index (χ0) is 16.4. The maximum Gasteiger partial charge on any atom is 0.298 e. The highest BCUT2D eigenvalue weighted by Gasteiger charge is 2.25. The van der Waals surface area contributed by atoms with Crippen LogP contribution in [0.3, 0.4) is 0 Å². The van der Waals surface area contributed by atoms with Crippen molar-refractivity contribution in [3.63, 3.8) is 0 Å². The molecule has 0 radical (unpaired) electrons. The van der Waals surface area contributed by atoms with E-state index >= 15 is 0 Å². The van der Waals surface area contributed by atoms with E-state index < -0.39 is 0 Å². The van der Waals surface area contributed by atoms with Crippen LogP contribution in [-0.4, -0.2) is 30.0 Å². The Morgan fingerprint density at radius 2 is 1.92 bits per heavy atom. The van der Waals surface area contributed by atoms with Gasteiger partial charge >= 0.3 is 0 Å². The summed E-state index contributed by atoms with van der Waals surface area (Å²) in [5, 5.41) is 3.20. The van der Waals surface area contributed by atoms with Gasteiger partial charge in [-0.1, -0.05) is 25.0 Å². The van der Waals surface area contributed by atoms with Crippen LogP contribution in [0.2, 0.25) is 0 Å². The molecule has 1 saturated carbocycles. The molecule has 1 N–H and O–H groups in total. The topological polar surface area (TPSA) is 58.4 Å². The minimum atomic E-state index is 0.238. The molecule has 128 valence electrons. The Kier molecular flexibility index (Phi) is 4.41.